The Balaban J connectivity index is 1.98. The van der Waals surface area contributed by atoms with E-state index in [0.29, 0.717) is 6.54 Å². The molecule has 1 aromatic carbocycles. The maximum Gasteiger partial charge on any atom is 0.140 e. The fourth-order valence-electron chi connectivity index (χ4n) is 1.84. The minimum absolute atomic E-state index is 0.692. The third-order valence-electron chi connectivity index (χ3n) is 2.89. The molecule has 0 aliphatic rings. The number of aromatic nitrogens is 1. The van der Waals surface area contributed by atoms with Gasteiger partial charge in [0.05, 0.1) is 4.47 Å². The molecule has 0 unspecified atom stereocenters. The van der Waals surface area contributed by atoms with Crippen LogP contribution in [0.2, 0.25) is 0 Å². The fourth-order valence-corrected chi connectivity index (χ4v) is 2.44. The number of pyridine rings is 1. The van der Waals surface area contributed by atoms with Crippen molar-refractivity contribution >= 4 is 21.7 Å². The molecular weight excluding hydrogens is 302 g/mol. The van der Waals surface area contributed by atoms with Crippen LogP contribution in [0.25, 0.3) is 0 Å². The topological polar surface area (TPSA) is 50.9 Å². The van der Waals surface area contributed by atoms with Crippen LogP contribution in [0, 0.1) is 6.92 Å². The molecule has 0 saturated heterocycles. The van der Waals surface area contributed by atoms with Gasteiger partial charge >= 0.3 is 0 Å². The Bertz CT molecular complexity index is 538. The van der Waals surface area contributed by atoms with Gasteiger partial charge in [-0.2, -0.15) is 0 Å². The predicted octanol–water partition coefficient (Wildman–Crippen LogP) is 3.27. The molecule has 0 fully saturated rings. The van der Waals surface area contributed by atoms with E-state index in [-0.39, 0.29) is 0 Å². The molecule has 0 aliphatic heterocycles. The average Bonchev–Trinajstić information content (AvgIpc) is 2.40. The van der Waals surface area contributed by atoms with Crippen LogP contribution < -0.4 is 11.1 Å². The third-order valence-corrected chi connectivity index (χ3v) is 3.50. The van der Waals surface area contributed by atoms with Gasteiger partial charge in [-0.25, -0.2) is 4.98 Å². The summed E-state index contributed by atoms with van der Waals surface area (Å²) in [6.45, 7) is 3.48. The summed E-state index contributed by atoms with van der Waals surface area (Å²) in [4.78, 5) is 4.37. The Morgan fingerprint density at radius 1 is 1.21 bits per heavy atom. The summed E-state index contributed by atoms with van der Waals surface area (Å²) in [6, 6.07) is 10.6. The van der Waals surface area contributed by atoms with E-state index in [1.165, 1.54) is 11.1 Å². The fraction of sp³-hybridized carbons (Fsp3) is 0.267. The van der Waals surface area contributed by atoms with Gasteiger partial charge in [-0.1, -0.05) is 24.3 Å². The molecule has 3 N–H and O–H groups in total. The largest absolute Gasteiger partial charge is 0.365 e. The van der Waals surface area contributed by atoms with E-state index in [0.717, 1.165) is 28.8 Å². The number of nitrogens with two attached hydrogens (primary N) is 1. The molecule has 1 aromatic heterocycles. The lowest BCUT2D eigenvalue weighted by Gasteiger charge is -2.08. The van der Waals surface area contributed by atoms with E-state index in [9.17, 15) is 0 Å². The molecule has 1 heterocycles. The van der Waals surface area contributed by atoms with Crippen molar-refractivity contribution in [2.45, 2.75) is 19.9 Å². The van der Waals surface area contributed by atoms with Crippen molar-refractivity contribution in [1.29, 1.82) is 0 Å². The molecule has 2 aromatic rings. The van der Waals surface area contributed by atoms with Crippen molar-refractivity contribution in [2.75, 3.05) is 11.9 Å². The first kappa shape index (κ1) is 14.0. The SMILES string of the molecule is Cc1cnc(NCc2ccc(CCN)cc2)c(Br)c1. The summed E-state index contributed by atoms with van der Waals surface area (Å²) in [6.07, 6.45) is 2.79. The van der Waals surface area contributed by atoms with E-state index in [1.807, 2.05) is 13.1 Å². The zero-order chi connectivity index (χ0) is 13.7. The first-order valence-corrected chi connectivity index (χ1v) is 7.12. The van der Waals surface area contributed by atoms with Crippen LogP contribution >= 0.6 is 15.9 Å². The number of benzene rings is 1. The third kappa shape index (κ3) is 4.04. The van der Waals surface area contributed by atoms with Gasteiger partial charge in [-0.15, -0.1) is 0 Å². The van der Waals surface area contributed by atoms with Gasteiger partial charge in [0.25, 0.3) is 0 Å². The van der Waals surface area contributed by atoms with Crippen molar-refractivity contribution in [1.82, 2.24) is 4.98 Å². The number of aryl methyl sites for hydroxylation is 1. The molecule has 0 radical (unpaired) electrons. The molecule has 0 saturated carbocycles. The van der Waals surface area contributed by atoms with Gasteiger partial charge in [0.1, 0.15) is 5.82 Å². The van der Waals surface area contributed by atoms with E-state index in [1.54, 1.807) is 0 Å². The summed E-state index contributed by atoms with van der Waals surface area (Å²) in [7, 11) is 0. The van der Waals surface area contributed by atoms with Gasteiger partial charge in [0, 0.05) is 12.7 Å². The molecule has 0 aliphatic carbocycles. The van der Waals surface area contributed by atoms with Gasteiger partial charge in [-0.3, -0.25) is 0 Å². The number of anilines is 1. The van der Waals surface area contributed by atoms with E-state index >= 15 is 0 Å². The van der Waals surface area contributed by atoms with Crippen LogP contribution in [0.3, 0.4) is 0 Å². The summed E-state index contributed by atoms with van der Waals surface area (Å²) < 4.78 is 0.993. The lowest BCUT2D eigenvalue weighted by atomic mass is 10.1. The minimum atomic E-state index is 0.692. The number of hydrogen-bond acceptors (Lipinski definition) is 3. The Labute approximate surface area is 122 Å². The molecule has 0 amide bonds. The Hall–Kier alpha value is -1.39. The summed E-state index contributed by atoms with van der Waals surface area (Å²) >= 11 is 3.51. The van der Waals surface area contributed by atoms with Gasteiger partial charge in [0.15, 0.2) is 0 Å². The molecule has 19 heavy (non-hydrogen) atoms. The van der Waals surface area contributed by atoms with Crippen LogP contribution in [0.1, 0.15) is 16.7 Å². The average molecular weight is 320 g/mol. The first-order chi connectivity index (χ1) is 9.19. The second-order valence-corrected chi connectivity index (χ2v) is 5.41. The number of halogens is 1. The van der Waals surface area contributed by atoms with Crippen LogP contribution in [0.15, 0.2) is 41.0 Å². The Kier molecular flexibility index (Phi) is 4.93. The molecule has 0 bridgehead atoms. The Morgan fingerprint density at radius 2 is 1.89 bits per heavy atom. The van der Waals surface area contributed by atoms with Crippen molar-refractivity contribution in [2.24, 2.45) is 5.73 Å². The van der Waals surface area contributed by atoms with E-state index in [2.05, 4.69) is 56.6 Å². The number of nitrogens with one attached hydrogen (secondary N) is 1. The lowest BCUT2D eigenvalue weighted by Crippen LogP contribution is -2.04. The van der Waals surface area contributed by atoms with E-state index in [4.69, 9.17) is 5.73 Å². The molecule has 0 spiro atoms. The number of hydrogen-bond donors (Lipinski definition) is 2. The van der Waals surface area contributed by atoms with Crippen LogP contribution in [0.4, 0.5) is 5.82 Å². The normalized spacial score (nSPS) is 10.5. The smallest absolute Gasteiger partial charge is 0.140 e. The highest BCUT2D eigenvalue weighted by Crippen LogP contribution is 2.21. The predicted molar refractivity (Wildman–Crippen MR) is 83.2 cm³/mol. The monoisotopic (exact) mass is 319 g/mol. The molecule has 4 heteroatoms. The quantitative estimate of drug-likeness (QED) is 0.889. The highest BCUT2D eigenvalue weighted by Gasteiger charge is 2.01. The molecule has 2 rings (SSSR count). The summed E-state index contributed by atoms with van der Waals surface area (Å²) in [5.41, 5.74) is 9.19. The molecular formula is C15H18BrN3. The van der Waals surface area contributed by atoms with Crippen LogP contribution in [-0.4, -0.2) is 11.5 Å². The van der Waals surface area contributed by atoms with Crippen LogP contribution in [-0.2, 0) is 13.0 Å². The maximum absolute atomic E-state index is 5.54. The minimum Gasteiger partial charge on any atom is -0.365 e. The Morgan fingerprint density at radius 3 is 2.53 bits per heavy atom. The number of nitrogens with zero attached hydrogens (tertiary/aromatic N) is 1. The summed E-state index contributed by atoms with van der Waals surface area (Å²) in [5.74, 6) is 0.872. The van der Waals surface area contributed by atoms with E-state index < -0.39 is 0 Å². The molecule has 0 atom stereocenters. The standard InChI is InChI=1S/C15H18BrN3/c1-11-8-14(16)15(18-9-11)19-10-13-4-2-12(3-5-13)6-7-17/h2-5,8-9H,6-7,10,17H2,1H3,(H,18,19). The first-order valence-electron chi connectivity index (χ1n) is 6.33. The highest BCUT2D eigenvalue weighted by atomic mass is 79.9. The van der Waals surface area contributed by atoms with Crippen molar-refractivity contribution in [3.05, 3.63) is 57.7 Å². The van der Waals surface area contributed by atoms with Crippen LogP contribution in [0.5, 0.6) is 0 Å². The van der Waals surface area contributed by atoms with Crippen molar-refractivity contribution < 1.29 is 0 Å². The summed E-state index contributed by atoms with van der Waals surface area (Å²) in [5, 5.41) is 3.33. The zero-order valence-corrected chi connectivity index (χ0v) is 12.6. The van der Waals surface area contributed by atoms with Gasteiger partial charge < -0.3 is 11.1 Å². The lowest BCUT2D eigenvalue weighted by molar-refractivity contribution is 0.965. The highest BCUT2D eigenvalue weighted by molar-refractivity contribution is 9.10. The van der Waals surface area contributed by atoms with Crippen molar-refractivity contribution in [3.63, 3.8) is 0 Å². The second kappa shape index (κ2) is 6.68. The van der Waals surface area contributed by atoms with Gasteiger partial charge in [0.2, 0.25) is 0 Å². The molecule has 100 valence electrons. The maximum atomic E-state index is 5.54. The van der Waals surface area contributed by atoms with Gasteiger partial charge in [-0.05, 0) is 58.6 Å². The number of rotatable bonds is 5. The molecule has 3 nitrogen and oxygen atoms in total. The zero-order valence-electron chi connectivity index (χ0n) is 11.0. The van der Waals surface area contributed by atoms with Crippen molar-refractivity contribution in [3.8, 4) is 0 Å². The second-order valence-electron chi connectivity index (χ2n) is 4.55.